The molecule has 0 saturated heterocycles. The van der Waals surface area contributed by atoms with Crippen molar-refractivity contribution in [3.63, 3.8) is 0 Å². The van der Waals surface area contributed by atoms with Crippen LogP contribution in [-0.2, 0) is 9.59 Å². The molecule has 2 rings (SSSR count). The molecule has 0 aliphatic rings. The summed E-state index contributed by atoms with van der Waals surface area (Å²) in [5.74, 6) is -0.843. The van der Waals surface area contributed by atoms with Gasteiger partial charge >= 0.3 is 11.8 Å². The summed E-state index contributed by atoms with van der Waals surface area (Å²) in [4.78, 5) is 23.9. The molecule has 0 aliphatic carbocycles. The Labute approximate surface area is 142 Å². The lowest BCUT2D eigenvalue weighted by molar-refractivity contribution is -0.133. The van der Waals surface area contributed by atoms with Crippen LogP contribution in [0.15, 0.2) is 42.5 Å². The molecule has 114 valence electrons. The van der Waals surface area contributed by atoms with Crippen molar-refractivity contribution in [3.8, 4) is 5.75 Å². The zero-order valence-electron chi connectivity index (χ0n) is 12.1. The minimum Gasteiger partial charge on any atom is -0.497 e. The average molecular weight is 410 g/mol. The Morgan fingerprint density at radius 3 is 2.45 bits per heavy atom. The Morgan fingerprint density at radius 2 is 1.77 bits per heavy atom. The number of rotatable bonds is 3. The molecule has 2 aromatic rings. The van der Waals surface area contributed by atoms with E-state index in [1.165, 1.54) is 7.11 Å². The zero-order chi connectivity index (χ0) is 16.1. The zero-order valence-corrected chi connectivity index (χ0v) is 14.3. The Morgan fingerprint density at radius 1 is 1.05 bits per heavy atom. The van der Waals surface area contributed by atoms with E-state index < -0.39 is 11.8 Å². The van der Waals surface area contributed by atoms with Crippen molar-refractivity contribution in [1.82, 2.24) is 0 Å². The molecule has 0 aliphatic heterocycles. The van der Waals surface area contributed by atoms with Gasteiger partial charge in [0.2, 0.25) is 0 Å². The fourth-order valence-corrected chi connectivity index (χ4v) is 2.48. The van der Waals surface area contributed by atoms with Crippen LogP contribution < -0.4 is 15.4 Å². The quantitative estimate of drug-likeness (QED) is 0.604. The molecule has 0 aromatic heterocycles. The molecule has 0 fully saturated rings. The van der Waals surface area contributed by atoms with Crippen molar-refractivity contribution >= 4 is 45.8 Å². The molecule has 0 atom stereocenters. The second-order valence-electron chi connectivity index (χ2n) is 4.60. The normalized spacial score (nSPS) is 9.95. The van der Waals surface area contributed by atoms with Crippen molar-refractivity contribution in [3.05, 3.63) is 51.6 Å². The van der Waals surface area contributed by atoms with Crippen LogP contribution in [-0.4, -0.2) is 18.9 Å². The first-order chi connectivity index (χ1) is 10.5. The highest BCUT2D eigenvalue weighted by Crippen LogP contribution is 2.19. The lowest BCUT2D eigenvalue weighted by atomic mass is 10.2. The van der Waals surface area contributed by atoms with Crippen LogP contribution in [0.5, 0.6) is 5.75 Å². The van der Waals surface area contributed by atoms with Crippen LogP contribution in [0.2, 0.25) is 0 Å². The molecule has 0 unspecified atom stereocenters. The summed E-state index contributed by atoms with van der Waals surface area (Å²) in [6.45, 7) is 1.87. The molecule has 0 bridgehead atoms. The molecular weight excluding hydrogens is 395 g/mol. The third-order valence-electron chi connectivity index (χ3n) is 2.97. The highest BCUT2D eigenvalue weighted by Gasteiger charge is 2.15. The van der Waals surface area contributed by atoms with E-state index in [-0.39, 0.29) is 0 Å². The standard InChI is InChI=1S/C16H15IN2O3/c1-10-8-11(17)6-7-14(10)19-16(21)15(20)18-12-4-3-5-13(9-12)22-2/h3-9H,1-2H3,(H,18,20)(H,19,21). The van der Waals surface area contributed by atoms with Crippen molar-refractivity contribution in [1.29, 1.82) is 0 Å². The molecule has 6 heteroatoms. The predicted molar refractivity (Wildman–Crippen MR) is 94.1 cm³/mol. The van der Waals surface area contributed by atoms with Gasteiger partial charge in [0.15, 0.2) is 0 Å². The first-order valence-corrected chi connectivity index (χ1v) is 7.60. The largest absolute Gasteiger partial charge is 0.497 e. The average Bonchev–Trinajstić information content (AvgIpc) is 2.50. The summed E-state index contributed by atoms with van der Waals surface area (Å²) < 4.78 is 6.13. The monoisotopic (exact) mass is 410 g/mol. The molecule has 2 amide bonds. The van der Waals surface area contributed by atoms with Gasteiger partial charge in [0.05, 0.1) is 7.11 Å². The summed E-state index contributed by atoms with van der Waals surface area (Å²) in [5, 5.41) is 5.14. The van der Waals surface area contributed by atoms with E-state index in [0.29, 0.717) is 17.1 Å². The van der Waals surface area contributed by atoms with Gasteiger partial charge in [-0.3, -0.25) is 9.59 Å². The maximum atomic E-state index is 12.0. The lowest BCUT2D eigenvalue weighted by Crippen LogP contribution is -2.29. The number of anilines is 2. The number of benzene rings is 2. The summed E-state index contributed by atoms with van der Waals surface area (Å²) >= 11 is 2.19. The van der Waals surface area contributed by atoms with Crippen molar-refractivity contribution in [2.24, 2.45) is 0 Å². The molecule has 22 heavy (non-hydrogen) atoms. The van der Waals surface area contributed by atoms with E-state index in [9.17, 15) is 9.59 Å². The lowest BCUT2D eigenvalue weighted by Gasteiger charge is -2.09. The van der Waals surface area contributed by atoms with E-state index in [4.69, 9.17) is 4.74 Å². The Hall–Kier alpha value is -2.09. The summed E-state index contributed by atoms with van der Waals surface area (Å²) in [6, 6.07) is 12.4. The predicted octanol–water partition coefficient (Wildman–Crippen LogP) is 3.19. The van der Waals surface area contributed by atoms with Crippen LogP contribution in [0.4, 0.5) is 11.4 Å². The summed E-state index contributed by atoms with van der Waals surface area (Å²) in [7, 11) is 1.53. The Balaban J connectivity index is 2.04. The van der Waals surface area contributed by atoms with Gasteiger partial charge in [-0.15, -0.1) is 0 Å². The van der Waals surface area contributed by atoms with Gasteiger partial charge < -0.3 is 15.4 Å². The van der Waals surface area contributed by atoms with Crippen LogP contribution in [0.3, 0.4) is 0 Å². The number of aryl methyl sites for hydroxylation is 1. The fraction of sp³-hybridized carbons (Fsp3) is 0.125. The summed E-state index contributed by atoms with van der Waals surface area (Å²) in [6.07, 6.45) is 0. The molecule has 2 aromatic carbocycles. The number of carbonyl (C=O) groups is 2. The van der Waals surface area contributed by atoms with E-state index in [0.717, 1.165) is 9.13 Å². The van der Waals surface area contributed by atoms with E-state index in [1.807, 2.05) is 19.1 Å². The minimum absolute atomic E-state index is 0.499. The maximum absolute atomic E-state index is 12.0. The van der Waals surface area contributed by atoms with Crippen molar-refractivity contribution in [2.45, 2.75) is 6.92 Å². The molecule has 0 saturated carbocycles. The smallest absolute Gasteiger partial charge is 0.314 e. The number of methoxy groups -OCH3 is 1. The van der Waals surface area contributed by atoms with Gasteiger partial charge in [0.1, 0.15) is 5.75 Å². The SMILES string of the molecule is COc1cccc(NC(=O)C(=O)Nc2ccc(I)cc2C)c1. The third-order valence-corrected chi connectivity index (χ3v) is 3.64. The fourth-order valence-electron chi connectivity index (χ4n) is 1.84. The molecule has 0 heterocycles. The van der Waals surface area contributed by atoms with Gasteiger partial charge in [-0.25, -0.2) is 0 Å². The van der Waals surface area contributed by atoms with Crippen LogP contribution >= 0.6 is 22.6 Å². The maximum Gasteiger partial charge on any atom is 0.314 e. The third kappa shape index (κ3) is 4.20. The first-order valence-electron chi connectivity index (χ1n) is 6.52. The number of ether oxygens (including phenoxy) is 1. The number of hydrogen-bond donors (Lipinski definition) is 2. The van der Waals surface area contributed by atoms with Gasteiger partial charge in [0.25, 0.3) is 0 Å². The second kappa shape index (κ2) is 7.26. The molecule has 5 nitrogen and oxygen atoms in total. The molecule has 2 N–H and O–H groups in total. The number of halogens is 1. The van der Waals surface area contributed by atoms with Gasteiger partial charge in [0, 0.05) is 21.0 Å². The van der Waals surface area contributed by atoms with Crippen molar-refractivity contribution in [2.75, 3.05) is 17.7 Å². The highest BCUT2D eigenvalue weighted by molar-refractivity contribution is 14.1. The van der Waals surface area contributed by atoms with E-state index in [2.05, 4.69) is 33.2 Å². The highest BCUT2D eigenvalue weighted by atomic mass is 127. The van der Waals surface area contributed by atoms with E-state index >= 15 is 0 Å². The first kappa shape index (κ1) is 16.3. The molecule has 0 radical (unpaired) electrons. The van der Waals surface area contributed by atoms with Crippen LogP contribution in [0, 0.1) is 10.5 Å². The Kier molecular flexibility index (Phi) is 5.37. The minimum atomic E-state index is -0.730. The van der Waals surface area contributed by atoms with E-state index in [1.54, 1.807) is 30.3 Å². The number of amides is 2. The van der Waals surface area contributed by atoms with Crippen molar-refractivity contribution < 1.29 is 14.3 Å². The number of hydrogen-bond acceptors (Lipinski definition) is 3. The topological polar surface area (TPSA) is 67.4 Å². The van der Waals surface area contributed by atoms with Gasteiger partial charge in [-0.1, -0.05) is 6.07 Å². The van der Waals surface area contributed by atoms with Crippen LogP contribution in [0.25, 0.3) is 0 Å². The second-order valence-corrected chi connectivity index (χ2v) is 5.85. The Bertz CT molecular complexity index is 716. The van der Waals surface area contributed by atoms with Gasteiger partial charge in [-0.2, -0.15) is 0 Å². The molecular formula is C16H15IN2O3. The molecule has 0 spiro atoms. The number of nitrogens with one attached hydrogen (secondary N) is 2. The van der Waals surface area contributed by atoms with Gasteiger partial charge in [-0.05, 0) is 65.4 Å². The summed E-state index contributed by atoms with van der Waals surface area (Å²) in [5.41, 5.74) is 2.01. The van der Waals surface area contributed by atoms with Crippen LogP contribution in [0.1, 0.15) is 5.56 Å². The number of carbonyl (C=O) groups excluding carboxylic acids is 2.